The number of anilines is 1. The van der Waals surface area contributed by atoms with E-state index in [1.807, 2.05) is 0 Å². The van der Waals surface area contributed by atoms with Gasteiger partial charge in [-0.15, -0.1) is 0 Å². The normalized spacial score (nSPS) is 14.5. The third-order valence-electron chi connectivity index (χ3n) is 3.63. The Morgan fingerprint density at radius 2 is 1.43 bits per heavy atom. The van der Waals surface area contributed by atoms with Crippen LogP contribution in [0.1, 0.15) is 36.0 Å². The average molecular weight is 326 g/mol. The van der Waals surface area contributed by atoms with Crippen molar-refractivity contribution in [1.82, 2.24) is 6.15 Å². The van der Waals surface area contributed by atoms with Crippen molar-refractivity contribution in [1.29, 1.82) is 0 Å². The van der Waals surface area contributed by atoms with E-state index in [4.69, 9.17) is 5.11 Å². The summed E-state index contributed by atoms with van der Waals surface area (Å²) in [5.41, 5.74) is -1.62. The largest absolute Gasteiger partial charge is 0.478 e. The van der Waals surface area contributed by atoms with Gasteiger partial charge in [-0.3, -0.25) is 20.2 Å². The quantitative estimate of drug-likeness (QED) is 0.630. The van der Waals surface area contributed by atoms with E-state index in [0.29, 0.717) is 13.1 Å². The van der Waals surface area contributed by atoms with Crippen LogP contribution in [0.5, 0.6) is 0 Å². The molecule has 1 aliphatic rings. The van der Waals surface area contributed by atoms with Gasteiger partial charge in [-0.25, -0.2) is 4.79 Å². The third-order valence-corrected chi connectivity index (χ3v) is 3.63. The summed E-state index contributed by atoms with van der Waals surface area (Å²) in [6.45, 7) is 0.961. The lowest BCUT2D eigenvalue weighted by Crippen LogP contribution is -2.26. The molecule has 0 spiro atoms. The second-order valence-electron chi connectivity index (χ2n) is 5.08. The minimum Gasteiger partial charge on any atom is -0.478 e. The van der Waals surface area contributed by atoms with Gasteiger partial charge in [0.15, 0.2) is 5.69 Å². The van der Waals surface area contributed by atoms with Crippen LogP contribution < -0.4 is 11.1 Å². The Morgan fingerprint density at radius 1 is 1.00 bits per heavy atom. The highest BCUT2D eigenvalue weighted by atomic mass is 16.6. The van der Waals surface area contributed by atoms with Crippen molar-refractivity contribution in [2.24, 2.45) is 0 Å². The molecule has 4 N–H and O–H groups in total. The zero-order valence-corrected chi connectivity index (χ0v) is 12.4. The van der Waals surface area contributed by atoms with Gasteiger partial charge < -0.3 is 16.2 Å². The van der Waals surface area contributed by atoms with Crippen LogP contribution in [0.25, 0.3) is 0 Å². The van der Waals surface area contributed by atoms with Crippen LogP contribution in [0.15, 0.2) is 12.1 Å². The second-order valence-corrected chi connectivity index (χ2v) is 5.08. The van der Waals surface area contributed by atoms with E-state index >= 15 is 0 Å². The number of aromatic carboxylic acids is 1. The highest BCUT2D eigenvalue weighted by molar-refractivity contribution is 5.92. The Kier molecular flexibility index (Phi) is 5.96. The minimum absolute atomic E-state index is 0. The lowest BCUT2D eigenvalue weighted by atomic mass is 10.1. The van der Waals surface area contributed by atoms with Crippen molar-refractivity contribution in [3.63, 3.8) is 0 Å². The Bertz CT molecular complexity index is 590. The van der Waals surface area contributed by atoms with Crippen LogP contribution in [0.3, 0.4) is 0 Å². The van der Waals surface area contributed by atoms with Gasteiger partial charge >= 0.3 is 17.3 Å². The fourth-order valence-electron chi connectivity index (χ4n) is 2.62. The first kappa shape index (κ1) is 18.3. The molecule has 10 nitrogen and oxygen atoms in total. The van der Waals surface area contributed by atoms with Crippen LogP contribution in [-0.2, 0) is 0 Å². The summed E-state index contributed by atoms with van der Waals surface area (Å²) in [6, 6.07) is 1.77. The molecule has 1 heterocycles. The van der Waals surface area contributed by atoms with E-state index in [1.165, 1.54) is 0 Å². The van der Waals surface area contributed by atoms with Crippen molar-refractivity contribution in [2.75, 3.05) is 18.0 Å². The predicted octanol–water partition coefficient (Wildman–Crippen LogP) is 2.74. The van der Waals surface area contributed by atoms with E-state index < -0.39 is 32.8 Å². The second kappa shape index (κ2) is 7.49. The smallest absolute Gasteiger partial charge is 0.336 e. The minimum atomic E-state index is -1.44. The highest BCUT2D eigenvalue weighted by Crippen LogP contribution is 2.39. The average Bonchev–Trinajstić information content (AvgIpc) is 2.74. The predicted molar refractivity (Wildman–Crippen MR) is 82.4 cm³/mol. The fourth-order valence-corrected chi connectivity index (χ4v) is 2.62. The summed E-state index contributed by atoms with van der Waals surface area (Å²) in [4.78, 5) is 33.7. The Labute approximate surface area is 131 Å². The van der Waals surface area contributed by atoms with Crippen LogP contribution in [0, 0.1) is 20.2 Å². The van der Waals surface area contributed by atoms with Crippen molar-refractivity contribution < 1.29 is 19.7 Å². The molecule has 0 unspecified atom stereocenters. The molecule has 1 aromatic rings. The van der Waals surface area contributed by atoms with Gasteiger partial charge in [-0.1, -0.05) is 12.8 Å². The van der Waals surface area contributed by atoms with Crippen molar-refractivity contribution in [2.45, 2.75) is 25.7 Å². The third kappa shape index (κ3) is 3.92. The topological polar surface area (TPSA) is 162 Å². The zero-order valence-electron chi connectivity index (χ0n) is 12.4. The summed E-state index contributed by atoms with van der Waals surface area (Å²) in [5, 5.41) is 31.5. The molecule has 0 bridgehead atoms. The first-order chi connectivity index (χ1) is 10.4. The first-order valence-corrected chi connectivity index (χ1v) is 6.87. The highest BCUT2D eigenvalue weighted by Gasteiger charge is 2.32. The molecule has 0 atom stereocenters. The molecular formula is C13H18N4O6. The van der Waals surface area contributed by atoms with Gasteiger partial charge in [0, 0.05) is 25.2 Å². The maximum absolute atomic E-state index is 11.3. The van der Waals surface area contributed by atoms with Crippen LogP contribution in [0.4, 0.5) is 17.1 Å². The standard InChI is InChI=1S/C13H15N3O6.H3N/c17-13(18)9-7-10(15(19)20)12(11(8-9)16(21)22)14-5-3-1-2-4-6-14;/h7-8H,1-6H2,(H,17,18);1H3. The van der Waals surface area contributed by atoms with Crippen LogP contribution in [0.2, 0.25) is 0 Å². The molecule has 23 heavy (non-hydrogen) atoms. The van der Waals surface area contributed by atoms with E-state index in [0.717, 1.165) is 37.8 Å². The van der Waals surface area contributed by atoms with Gasteiger partial charge in [0.05, 0.1) is 15.4 Å². The lowest BCUT2D eigenvalue weighted by molar-refractivity contribution is -0.392. The van der Waals surface area contributed by atoms with Gasteiger partial charge in [0.25, 0.3) is 0 Å². The molecular weight excluding hydrogens is 308 g/mol. The van der Waals surface area contributed by atoms with Crippen molar-refractivity contribution in [3.05, 3.63) is 37.9 Å². The van der Waals surface area contributed by atoms with Gasteiger partial charge in [-0.05, 0) is 12.8 Å². The van der Waals surface area contributed by atoms with Gasteiger partial charge in [0.1, 0.15) is 0 Å². The summed E-state index contributed by atoms with van der Waals surface area (Å²) < 4.78 is 0. The number of nitrogens with zero attached hydrogens (tertiary/aromatic N) is 3. The summed E-state index contributed by atoms with van der Waals surface area (Å²) in [5.74, 6) is -1.44. The molecule has 2 rings (SSSR count). The molecule has 0 aromatic heterocycles. The molecule has 10 heteroatoms. The van der Waals surface area contributed by atoms with Crippen molar-refractivity contribution in [3.8, 4) is 0 Å². The van der Waals surface area contributed by atoms with Crippen LogP contribution in [-0.4, -0.2) is 34.0 Å². The molecule has 1 aliphatic heterocycles. The summed E-state index contributed by atoms with van der Waals surface area (Å²) in [7, 11) is 0. The van der Waals surface area contributed by atoms with E-state index in [-0.39, 0.29) is 11.8 Å². The molecule has 126 valence electrons. The molecule has 1 fully saturated rings. The van der Waals surface area contributed by atoms with E-state index in [9.17, 15) is 25.0 Å². The first-order valence-electron chi connectivity index (χ1n) is 6.87. The Balaban J connectivity index is 0.00000264. The molecule has 0 radical (unpaired) electrons. The molecule has 0 amide bonds. The fraction of sp³-hybridized carbons (Fsp3) is 0.462. The number of nitro groups is 2. The maximum atomic E-state index is 11.3. The monoisotopic (exact) mass is 326 g/mol. The number of nitro benzene ring substituents is 2. The molecule has 0 saturated carbocycles. The molecule has 0 aliphatic carbocycles. The van der Waals surface area contributed by atoms with Gasteiger partial charge in [0.2, 0.25) is 0 Å². The van der Waals surface area contributed by atoms with Crippen molar-refractivity contribution >= 4 is 23.0 Å². The van der Waals surface area contributed by atoms with E-state index in [2.05, 4.69) is 0 Å². The van der Waals surface area contributed by atoms with E-state index in [1.54, 1.807) is 4.90 Å². The summed E-state index contributed by atoms with van der Waals surface area (Å²) in [6.07, 6.45) is 3.50. The van der Waals surface area contributed by atoms with Gasteiger partial charge in [-0.2, -0.15) is 0 Å². The Morgan fingerprint density at radius 3 is 1.78 bits per heavy atom. The SMILES string of the molecule is N.O=C(O)c1cc([N+](=O)[O-])c(N2CCCCCC2)c([N+](=O)[O-])c1. The lowest BCUT2D eigenvalue weighted by Gasteiger charge is -2.22. The van der Waals surface area contributed by atoms with Crippen LogP contribution >= 0.6 is 0 Å². The maximum Gasteiger partial charge on any atom is 0.336 e. The number of hydrogen-bond acceptors (Lipinski definition) is 7. The molecule has 1 saturated heterocycles. The number of carbonyl (C=O) groups is 1. The number of rotatable bonds is 4. The summed E-state index contributed by atoms with van der Waals surface area (Å²) >= 11 is 0. The Hall–Kier alpha value is -2.75. The molecule has 1 aromatic carbocycles. The number of carboxylic acids is 1. The number of benzene rings is 1. The number of carboxylic acid groups (broad SMARTS) is 1. The zero-order chi connectivity index (χ0) is 16.3. The number of hydrogen-bond donors (Lipinski definition) is 2.